The van der Waals surface area contributed by atoms with E-state index in [-0.39, 0.29) is 12.4 Å². The van der Waals surface area contributed by atoms with Gasteiger partial charge in [0.05, 0.1) is 0 Å². The molecule has 1 unspecified atom stereocenters. The molecule has 1 N–H and O–H groups in total. The summed E-state index contributed by atoms with van der Waals surface area (Å²) in [4.78, 5) is 2.61. The Morgan fingerprint density at radius 2 is 2.05 bits per heavy atom. The number of alkyl halides is 3. The van der Waals surface area contributed by atoms with Crippen molar-refractivity contribution in [3.8, 4) is 0 Å². The fraction of sp³-hybridized carbons (Fsp3) is 0.714. The predicted molar refractivity (Wildman–Crippen MR) is 83.2 cm³/mol. The Bertz CT molecular complexity index is 415. The SMILES string of the molecule is CCN(Cc1ccc(C(F)(F)F)s1)C1CCCNCC1.Cl. The molecule has 0 aliphatic carbocycles. The van der Waals surface area contributed by atoms with Crippen LogP contribution in [0.3, 0.4) is 0 Å². The number of nitrogens with one attached hydrogen (secondary N) is 1. The number of halogens is 4. The highest BCUT2D eigenvalue weighted by molar-refractivity contribution is 7.12. The Morgan fingerprint density at radius 1 is 1.29 bits per heavy atom. The Kier molecular flexibility index (Phi) is 7.47. The van der Waals surface area contributed by atoms with Crippen LogP contribution in [-0.4, -0.2) is 30.6 Å². The topological polar surface area (TPSA) is 15.3 Å². The molecule has 0 radical (unpaired) electrons. The molecule has 1 fully saturated rings. The minimum Gasteiger partial charge on any atom is -0.317 e. The molecule has 1 aromatic rings. The van der Waals surface area contributed by atoms with E-state index in [2.05, 4.69) is 17.1 Å². The van der Waals surface area contributed by atoms with E-state index in [1.165, 1.54) is 6.07 Å². The number of nitrogens with zero attached hydrogens (tertiary/aromatic N) is 1. The summed E-state index contributed by atoms with van der Waals surface area (Å²) in [7, 11) is 0. The summed E-state index contributed by atoms with van der Waals surface area (Å²) in [6.07, 6.45) is -0.880. The zero-order chi connectivity index (χ0) is 14.6. The molecular weight excluding hydrogens is 321 g/mol. The van der Waals surface area contributed by atoms with Crippen LogP contribution in [0.2, 0.25) is 0 Å². The van der Waals surface area contributed by atoms with Gasteiger partial charge in [-0.1, -0.05) is 6.92 Å². The average molecular weight is 343 g/mol. The van der Waals surface area contributed by atoms with Gasteiger partial charge in [-0.15, -0.1) is 23.7 Å². The first-order chi connectivity index (χ1) is 9.50. The number of rotatable bonds is 4. The lowest BCUT2D eigenvalue weighted by molar-refractivity contribution is -0.134. The van der Waals surface area contributed by atoms with E-state index < -0.39 is 11.1 Å². The van der Waals surface area contributed by atoms with Gasteiger partial charge < -0.3 is 5.32 Å². The number of hydrogen-bond donors (Lipinski definition) is 1. The van der Waals surface area contributed by atoms with Gasteiger partial charge in [0.15, 0.2) is 0 Å². The Morgan fingerprint density at radius 3 is 2.67 bits per heavy atom. The van der Waals surface area contributed by atoms with E-state index in [4.69, 9.17) is 0 Å². The molecule has 0 aromatic carbocycles. The highest BCUT2D eigenvalue weighted by Crippen LogP contribution is 2.35. The van der Waals surface area contributed by atoms with Crippen molar-refractivity contribution in [3.63, 3.8) is 0 Å². The quantitative estimate of drug-likeness (QED) is 0.884. The van der Waals surface area contributed by atoms with E-state index in [0.29, 0.717) is 12.6 Å². The zero-order valence-corrected chi connectivity index (χ0v) is 13.7. The van der Waals surface area contributed by atoms with Crippen LogP contribution in [-0.2, 0) is 12.7 Å². The van der Waals surface area contributed by atoms with Crippen LogP contribution in [0.4, 0.5) is 13.2 Å². The van der Waals surface area contributed by atoms with Crippen molar-refractivity contribution in [2.75, 3.05) is 19.6 Å². The van der Waals surface area contributed by atoms with Crippen LogP contribution in [0.15, 0.2) is 12.1 Å². The van der Waals surface area contributed by atoms with Gasteiger partial charge in [0.1, 0.15) is 4.88 Å². The molecule has 0 spiro atoms. The van der Waals surface area contributed by atoms with Crippen LogP contribution in [0.1, 0.15) is 35.9 Å². The lowest BCUT2D eigenvalue weighted by Crippen LogP contribution is -2.35. The molecule has 2 nitrogen and oxygen atoms in total. The smallest absolute Gasteiger partial charge is 0.317 e. The van der Waals surface area contributed by atoms with E-state index in [1.807, 2.05) is 0 Å². The molecule has 122 valence electrons. The van der Waals surface area contributed by atoms with Gasteiger partial charge in [0.2, 0.25) is 0 Å². The lowest BCUT2D eigenvalue weighted by atomic mass is 10.1. The van der Waals surface area contributed by atoms with E-state index >= 15 is 0 Å². The Labute approximate surface area is 134 Å². The molecular formula is C14H22ClF3N2S. The first-order valence-electron chi connectivity index (χ1n) is 7.11. The van der Waals surface area contributed by atoms with Crippen LogP contribution < -0.4 is 5.32 Å². The maximum absolute atomic E-state index is 12.6. The molecule has 21 heavy (non-hydrogen) atoms. The lowest BCUT2D eigenvalue weighted by Gasteiger charge is -2.29. The second-order valence-electron chi connectivity index (χ2n) is 5.16. The summed E-state index contributed by atoms with van der Waals surface area (Å²) in [6.45, 7) is 5.63. The molecule has 2 heterocycles. The molecule has 0 saturated carbocycles. The molecule has 7 heteroatoms. The van der Waals surface area contributed by atoms with E-state index in [1.54, 1.807) is 6.07 Å². The Hall–Kier alpha value is -0.300. The molecule has 1 aromatic heterocycles. The molecule has 2 rings (SSSR count). The first kappa shape index (κ1) is 18.7. The van der Waals surface area contributed by atoms with Crippen LogP contribution in [0.5, 0.6) is 0 Å². The second-order valence-corrected chi connectivity index (χ2v) is 6.33. The van der Waals surface area contributed by atoms with Gasteiger partial charge in [-0.25, -0.2) is 0 Å². The third kappa shape index (κ3) is 5.43. The van der Waals surface area contributed by atoms with Crippen molar-refractivity contribution >= 4 is 23.7 Å². The molecule has 1 saturated heterocycles. The van der Waals surface area contributed by atoms with Crippen molar-refractivity contribution < 1.29 is 13.2 Å². The van der Waals surface area contributed by atoms with Crippen molar-refractivity contribution in [2.45, 2.75) is 44.9 Å². The zero-order valence-electron chi connectivity index (χ0n) is 12.1. The van der Waals surface area contributed by atoms with Gasteiger partial charge in [0.25, 0.3) is 0 Å². The summed E-state index contributed by atoms with van der Waals surface area (Å²) in [5.41, 5.74) is 0. The first-order valence-corrected chi connectivity index (χ1v) is 7.93. The van der Waals surface area contributed by atoms with Crippen LogP contribution >= 0.6 is 23.7 Å². The third-order valence-electron chi connectivity index (χ3n) is 3.77. The predicted octanol–water partition coefficient (Wildman–Crippen LogP) is 4.15. The minimum atomic E-state index is -4.22. The summed E-state index contributed by atoms with van der Waals surface area (Å²) in [5.74, 6) is 0. The normalized spacial score (nSPS) is 20.1. The Balaban J connectivity index is 0.00000220. The monoisotopic (exact) mass is 342 g/mol. The maximum atomic E-state index is 12.6. The highest BCUT2D eigenvalue weighted by Gasteiger charge is 2.32. The van der Waals surface area contributed by atoms with Crippen molar-refractivity contribution in [3.05, 3.63) is 21.9 Å². The fourth-order valence-electron chi connectivity index (χ4n) is 2.68. The second kappa shape index (κ2) is 8.36. The summed E-state index contributed by atoms with van der Waals surface area (Å²) in [6, 6.07) is 3.29. The van der Waals surface area contributed by atoms with Crippen LogP contribution in [0, 0.1) is 0 Å². The largest absolute Gasteiger partial charge is 0.425 e. The van der Waals surface area contributed by atoms with E-state index in [9.17, 15) is 13.2 Å². The number of thiophene rings is 1. The maximum Gasteiger partial charge on any atom is 0.425 e. The fourth-order valence-corrected chi connectivity index (χ4v) is 3.58. The van der Waals surface area contributed by atoms with Crippen molar-refractivity contribution in [1.82, 2.24) is 10.2 Å². The van der Waals surface area contributed by atoms with Crippen molar-refractivity contribution in [1.29, 1.82) is 0 Å². The van der Waals surface area contributed by atoms with Gasteiger partial charge >= 0.3 is 6.18 Å². The number of hydrogen-bond acceptors (Lipinski definition) is 3. The summed E-state index contributed by atoms with van der Waals surface area (Å²) in [5, 5.41) is 3.37. The molecule has 1 aliphatic rings. The minimum absolute atomic E-state index is 0. The third-order valence-corrected chi connectivity index (χ3v) is 4.88. The molecule has 0 amide bonds. The van der Waals surface area contributed by atoms with Gasteiger partial charge in [-0.05, 0) is 51.0 Å². The van der Waals surface area contributed by atoms with Crippen LogP contribution in [0.25, 0.3) is 0 Å². The highest BCUT2D eigenvalue weighted by atomic mass is 35.5. The van der Waals surface area contributed by atoms with E-state index in [0.717, 1.165) is 55.1 Å². The molecule has 0 bridgehead atoms. The van der Waals surface area contributed by atoms with Gasteiger partial charge in [-0.3, -0.25) is 4.90 Å². The van der Waals surface area contributed by atoms with Gasteiger partial charge in [-0.2, -0.15) is 13.2 Å². The standard InChI is InChI=1S/C14H21F3N2S.ClH/c1-2-19(11-4-3-8-18-9-7-11)10-12-5-6-13(20-12)14(15,16)17;/h5-6,11,18H,2-4,7-10H2,1H3;1H. The molecule has 1 atom stereocenters. The summed E-state index contributed by atoms with van der Waals surface area (Å²) >= 11 is 0.870. The molecule has 1 aliphatic heterocycles. The average Bonchev–Trinajstić information content (AvgIpc) is 2.71. The summed E-state index contributed by atoms with van der Waals surface area (Å²) < 4.78 is 37.9. The van der Waals surface area contributed by atoms with Gasteiger partial charge in [0, 0.05) is 17.5 Å². The van der Waals surface area contributed by atoms with Crippen molar-refractivity contribution in [2.24, 2.45) is 0 Å².